The molecule has 10 aromatic rings. The van der Waals surface area contributed by atoms with Crippen molar-refractivity contribution in [1.29, 1.82) is 0 Å². The summed E-state index contributed by atoms with van der Waals surface area (Å²) in [5.41, 5.74) is 17.3. The largest absolute Gasteiger partial charge is 0.456 e. The topological polar surface area (TPSA) is 64.7 Å². The summed E-state index contributed by atoms with van der Waals surface area (Å²) < 4.78 is 6.50. The van der Waals surface area contributed by atoms with Gasteiger partial charge in [0.25, 0.3) is 0 Å². The van der Waals surface area contributed by atoms with E-state index in [2.05, 4.69) is 132 Å². The first-order valence-corrected chi connectivity index (χ1v) is 19.5. The highest BCUT2D eigenvalue weighted by Gasteiger charge is 2.49. The van der Waals surface area contributed by atoms with Gasteiger partial charge >= 0.3 is 0 Å². The Balaban J connectivity index is 1.12. The van der Waals surface area contributed by atoms with E-state index in [4.69, 9.17) is 19.4 Å². The molecule has 0 saturated carbocycles. The summed E-state index contributed by atoms with van der Waals surface area (Å²) in [7, 11) is 0. The second-order valence-electron chi connectivity index (χ2n) is 15.0. The third-order valence-electron chi connectivity index (χ3n) is 11.9. The van der Waals surface area contributed by atoms with Crippen molar-refractivity contribution < 1.29 is 4.42 Å². The number of aromatic nitrogens is 4. The molecule has 4 aromatic heterocycles. The lowest BCUT2D eigenvalue weighted by molar-refractivity contribution is 0.668. The molecule has 1 spiro atoms. The first-order valence-electron chi connectivity index (χ1n) is 19.5. The van der Waals surface area contributed by atoms with Gasteiger partial charge in [0.15, 0.2) is 5.82 Å². The van der Waals surface area contributed by atoms with Gasteiger partial charge in [0.1, 0.15) is 11.2 Å². The molecule has 4 heterocycles. The van der Waals surface area contributed by atoms with E-state index in [-0.39, 0.29) is 0 Å². The molecule has 0 N–H and O–H groups in total. The number of hydrogen-bond acceptors (Lipinski definition) is 5. The highest BCUT2D eigenvalue weighted by Crippen LogP contribution is 2.61. The minimum absolute atomic E-state index is 0.613. The van der Waals surface area contributed by atoms with Crippen LogP contribution in [0, 0.1) is 0 Å². The Labute approximate surface area is 334 Å². The van der Waals surface area contributed by atoms with E-state index in [1.807, 2.05) is 60.9 Å². The van der Waals surface area contributed by atoms with Crippen LogP contribution < -0.4 is 0 Å². The highest BCUT2D eigenvalue weighted by molar-refractivity contribution is 6.15. The third kappa shape index (κ3) is 4.77. The Bertz CT molecular complexity index is 3280. The smallest absolute Gasteiger partial charge is 0.161 e. The zero-order valence-corrected chi connectivity index (χ0v) is 31.2. The zero-order valence-electron chi connectivity index (χ0n) is 31.2. The minimum atomic E-state index is -0.631. The zero-order chi connectivity index (χ0) is 38.2. The van der Waals surface area contributed by atoms with Gasteiger partial charge in [-0.25, -0.2) is 9.97 Å². The van der Waals surface area contributed by atoms with Crippen LogP contribution in [-0.2, 0) is 5.41 Å². The Morgan fingerprint density at radius 3 is 2.03 bits per heavy atom. The van der Waals surface area contributed by atoms with Gasteiger partial charge in [-0.15, -0.1) is 0 Å². The SMILES string of the molecule is C1=Cc2ccc(-c3cc(-c4ccccc4)nc(-c4ccc(-c5cccnc5)nc4)n3)cc2C2(c3ccccc31)c1ccccc1-c1c2ccc2oc3ccccc3c12. The maximum absolute atomic E-state index is 6.50. The van der Waals surface area contributed by atoms with E-state index in [1.165, 1.54) is 38.9 Å². The van der Waals surface area contributed by atoms with Crippen molar-refractivity contribution in [1.82, 2.24) is 19.9 Å². The van der Waals surface area contributed by atoms with Gasteiger partial charge in [0.05, 0.1) is 22.5 Å². The molecule has 0 fully saturated rings. The number of furan rings is 1. The molecule has 0 bridgehead atoms. The van der Waals surface area contributed by atoms with Crippen molar-refractivity contribution in [3.63, 3.8) is 0 Å². The summed E-state index contributed by atoms with van der Waals surface area (Å²) in [5, 5.41) is 2.28. The van der Waals surface area contributed by atoms with Gasteiger partial charge in [-0.1, -0.05) is 127 Å². The van der Waals surface area contributed by atoms with Gasteiger partial charge in [-0.3, -0.25) is 9.97 Å². The fraction of sp³-hybridized carbons (Fsp3) is 0.0189. The van der Waals surface area contributed by atoms with E-state index in [9.17, 15) is 0 Å². The van der Waals surface area contributed by atoms with Crippen LogP contribution in [0.3, 0.4) is 0 Å². The summed E-state index contributed by atoms with van der Waals surface area (Å²) in [6, 6.07) is 57.9. The number of benzene rings is 6. The van der Waals surface area contributed by atoms with E-state index >= 15 is 0 Å². The van der Waals surface area contributed by atoms with Crippen LogP contribution in [0.2, 0.25) is 0 Å². The van der Waals surface area contributed by atoms with Crippen molar-refractivity contribution in [2.75, 3.05) is 0 Å². The van der Waals surface area contributed by atoms with Crippen LogP contribution >= 0.6 is 0 Å². The number of fused-ring (bicyclic) bond motifs is 13. The Hall–Kier alpha value is -7.76. The van der Waals surface area contributed by atoms with Gasteiger partial charge in [-0.2, -0.15) is 0 Å². The molecule has 0 amide bonds. The van der Waals surface area contributed by atoms with E-state index in [0.29, 0.717) is 5.82 Å². The molecule has 0 aliphatic heterocycles. The maximum atomic E-state index is 6.50. The Kier molecular flexibility index (Phi) is 7.07. The molecule has 5 heteroatoms. The van der Waals surface area contributed by atoms with Crippen LogP contribution in [0.1, 0.15) is 33.4 Å². The van der Waals surface area contributed by atoms with Crippen molar-refractivity contribution in [2.45, 2.75) is 5.41 Å². The van der Waals surface area contributed by atoms with Crippen LogP contribution in [0.25, 0.3) is 90.4 Å². The van der Waals surface area contributed by atoms with Crippen molar-refractivity contribution in [3.8, 4) is 56.3 Å². The van der Waals surface area contributed by atoms with E-state index in [1.54, 1.807) is 6.20 Å². The predicted molar refractivity (Wildman–Crippen MR) is 233 cm³/mol. The number of nitrogens with zero attached hydrogens (tertiary/aromatic N) is 4. The lowest BCUT2D eigenvalue weighted by atomic mass is 9.65. The minimum Gasteiger partial charge on any atom is -0.456 e. The summed E-state index contributed by atoms with van der Waals surface area (Å²) in [4.78, 5) is 19.5. The Morgan fingerprint density at radius 2 is 1.19 bits per heavy atom. The van der Waals surface area contributed by atoms with Crippen LogP contribution in [-0.4, -0.2) is 19.9 Å². The highest BCUT2D eigenvalue weighted by atomic mass is 16.3. The first-order chi connectivity index (χ1) is 28.7. The lowest BCUT2D eigenvalue weighted by Gasteiger charge is -2.35. The molecule has 12 rings (SSSR count). The second-order valence-corrected chi connectivity index (χ2v) is 15.0. The average molecular weight is 741 g/mol. The van der Waals surface area contributed by atoms with Crippen molar-refractivity contribution in [2.24, 2.45) is 0 Å². The van der Waals surface area contributed by atoms with Crippen LogP contribution in [0.5, 0.6) is 0 Å². The van der Waals surface area contributed by atoms with Gasteiger partial charge in [0.2, 0.25) is 0 Å². The lowest BCUT2D eigenvalue weighted by Crippen LogP contribution is -2.30. The summed E-state index contributed by atoms with van der Waals surface area (Å²) in [6.07, 6.45) is 10.00. The average Bonchev–Trinajstić information content (AvgIpc) is 3.77. The molecule has 6 aromatic carbocycles. The normalized spacial score (nSPS) is 14.9. The van der Waals surface area contributed by atoms with Crippen molar-refractivity contribution >= 4 is 34.1 Å². The first kappa shape index (κ1) is 32.5. The molecule has 270 valence electrons. The monoisotopic (exact) mass is 740 g/mol. The molecule has 1 atom stereocenters. The molecule has 0 radical (unpaired) electrons. The molecule has 1 unspecified atom stereocenters. The second kappa shape index (κ2) is 12.6. The maximum Gasteiger partial charge on any atom is 0.161 e. The fourth-order valence-electron chi connectivity index (χ4n) is 9.35. The van der Waals surface area contributed by atoms with Crippen molar-refractivity contribution in [3.05, 3.63) is 216 Å². The van der Waals surface area contributed by atoms with Gasteiger partial charge in [-0.05, 0) is 93.0 Å². The van der Waals surface area contributed by atoms with Gasteiger partial charge < -0.3 is 4.42 Å². The summed E-state index contributed by atoms with van der Waals surface area (Å²) >= 11 is 0. The summed E-state index contributed by atoms with van der Waals surface area (Å²) in [5.74, 6) is 0.613. The third-order valence-corrected chi connectivity index (χ3v) is 11.9. The Morgan fingerprint density at radius 1 is 0.448 bits per heavy atom. The van der Waals surface area contributed by atoms with Crippen LogP contribution in [0.15, 0.2) is 187 Å². The van der Waals surface area contributed by atoms with Gasteiger partial charge in [0, 0.05) is 51.6 Å². The number of para-hydroxylation sites is 1. The van der Waals surface area contributed by atoms with E-state index in [0.717, 1.165) is 66.8 Å². The quantitative estimate of drug-likeness (QED) is 0.180. The predicted octanol–water partition coefficient (Wildman–Crippen LogP) is 12.7. The number of hydrogen-bond donors (Lipinski definition) is 0. The van der Waals surface area contributed by atoms with Crippen LogP contribution in [0.4, 0.5) is 0 Å². The molecule has 5 nitrogen and oxygen atoms in total. The number of pyridine rings is 2. The molecule has 58 heavy (non-hydrogen) atoms. The summed E-state index contributed by atoms with van der Waals surface area (Å²) in [6.45, 7) is 0. The molecular weight excluding hydrogens is 709 g/mol. The van der Waals surface area contributed by atoms with E-state index < -0.39 is 5.41 Å². The molecular formula is C53H32N4O. The molecule has 0 saturated heterocycles. The fourth-order valence-corrected chi connectivity index (χ4v) is 9.35. The standard InChI is InChI=1S/C53H32N4O/c1-2-12-35(13-3-1)46-30-47(57-52(56-46)38-24-26-45(55-32-38)37-14-10-28-54-31-37)36-23-22-34-21-20-33-11-4-7-17-41(33)53(44(34)29-36)42-18-8-5-15-39(42)50-43(53)25-27-49-51(50)40-16-6-9-19-48(40)58-49/h1-32H. The molecule has 2 aliphatic rings. The number of rotatable bonds is 4. The molecule has 2 aliphatic carbocycles.